The van der Waals surface area contributed by atoms with Crippen LogP contribution >= 0.6 is 0 Å². The average Bonchev–Trinajstić information content (AvgIpc) is 2.43. The third-order valence-corrected chi connectivity index (χ3v) is 2.79. The van der Waals surface area contributed by atoms with Gasteiger partial charge in [0.1, 0.15) is 18.8 Å². The zero-order valence-corrected chi connectivity index (χ0v) is 10.5. The molecule has 2 unspecified atom stereocenters. The van der Waals surface area contributed by atoms with Crippen LogP contribution in [0.2, 0.25) is 0 Å². The van der Waals surface area contributed by atoms with Gasteiger partial charge in [0.2, 0.25) is 5.91 Å². The van der Waals surface area contributed by atoms with Gasteiger partial charge in [-0.3, -0.25) is 4.79 Å². The van der Waals surface area contributed by atoms with Crippen molar-refractivity contribution < 1.29 is 19.0 Å². The van der Waals surface area contributed by atoms with E-state index in [1.807, 2.05) is 24.3 Å². The molecule has 0 spiro atoms. The Bertz CT molecular complexity index is 421. The van der Waals surface area contributed by atoms with Gasteiger partial charge in [-0.2, -0.15) is 0 Å². The molecule has 18 heavy (non-hydrogen) atoms. The summed E-state index contributed by atoms with van der Waals surface area (Å²) in [7, 11) is 1.50. The molecule has 5 nitrogen and oxygen atoms in total. The normalized spacial score (nSPS) is 19.1. The van der Waals surface area contributed by atoms with Crippen molar-refractivity contribution in [2.45, 2.75) is 19.1 Å². The van der Waals surface area contributed by atoms with E-state index in [2.05, 4.69) is 5.32 Å². The van der Waals surface area contributed by atoms with Crippen molar-refractivity contribution in [1.82, 2.24) is 5.32 Å². The van der Waals surface area contributed by atoms with Gasteiger partial charge >= 0.3 is 0 Å². The zero-order chi connectivity index (χ0) is 13.0. The second kappa shape index (κ2) is 5.73. The predicted molar refractivity (Wildman–Crippen MR) is 65.8 cm³/mol. The van der Waals surface area contributed by atoms with E-state index >= 15 is 0 Å². The number of benzene rings is 1. The number of nitrogens with one attached hydrogen (secondary N) is 1. The van der Waals surface area contributed by atoms with E-state index < -0.39 is 6.10 Å². The average molecular weight is 251 g/mol. The lowest BCUT2D eigenvalue weighted by atomic mass is 10.2. The third-order valence-electron chi connectivity index (χ3n) is 2.79. The first-order chi connectivity index (χ1) is 8.70. The fourth-order valence-corrected chi connectivity index (χ4v) is 1.63. The molecule has 1 aliphatic rings. The number of rotatable bonds is 4. The molecule has 1 amide bonds. The topological polar surface area (TPSA) is 56.8 Å². The summed E-state index contributed by atoms with van der Waals surface area (Å²) in [6.45, 7) is 2.53. The Kier molecular flexibility index (Phi) is 4.04. The molecular weight excluding hydrogens is 234 g/mol. The first-order valence-corrected chi connectivity index (χ1v) is 5.89. The zero-order valence-electron chi connectivity index (χ0n) is 10.5. The number of ether oxygens (including phenoxy) is 3. The summed E-state index contributed by atoms with van der Waals surface area (Å²) in [5.74, 6) is 1.30. The van der Waals surface area contributed by atoms with Crippen LogP contribution in [-0.2, 0) is 9.53 Å². The highest BCUT2D eigenvalue weighted by Gasteiger charge is 2.21. The largest absolute Gasteiger partial charge is 0.486 e. The third kappa shape index (κ3) is 2.92. The quantitative estimate of drug-likeness (QED) is 0.866. The molecule has 2 rings (SSSR count). The van der Waals surface area contributed by atoms with Gasteiger partial charge in [0.25, 0.3) is 0 Å². The van der Waals surface area contributed by atoms with Crippen molar-refractivity contribution >= 4 is 5.91 Å². The minimum absolute atomic E-state index is 0.153. The molecule has 2 atom stereocenters. The fraction of sp³-hybridized carbons (Fsp3) is 0.462. The lowest BCUT2D eigenvalue weighted by molar-refractivity contribution is -0.130. The summed E-state index contributed by atoms with van der Waals surface area (Å²) in [4.78, 5) is 11.5. The molecule has 0 bridgehead atoms. The molecule has 1 heterocycles. The number of amides is 1. The Balaban J connectivity index is 1.85. The van der Waals surface area contributed by atoms with Crippen LogP contribution in [0.3, 0.4) is 0 Å². The molecule has 1 N–H and O–H groups in total. The second-order valence-corrected chi connectivity index (χ2v) is 4.12. The maximum Gasteiger partial charge on any atom is 0.248 e. The van der Waals surface area contributed by atoms with Crippen LogP contribution in [0.25, 0.3) is 0 Å². The molecule has 0 saturated carbocycles. The summed E-state index contributed by atoms with van der Waals surface area (Å²) in [5, 5.41) is 2.76. The van der Waals surface area contributed by atoms with Crippen molar-refractivity contribution in [1.29, 1.82) is 0 Å². The van der Waals surface area contributed by atoms with E-state index in [1.165, 1.54) is 7.11 Å². The first-order valence-electron chi connectivity index (χ1n) is 5.89. The maximum absolute atomic E-state index is 11.5. The number of methoxy groups -OCH3 is 1. The van der Waals surface area contributed by atoms with Gasteiger partial charge in [-0.1, -0.05) is 12.1 Å². The summed E-state index contributed by atoms with van der Waals surface area (Å²) >= 11 is 0. The minimum atomic E-state index is -0.457. The van der Waals surface area contributed by atoms with Crippen LogP contribution in [0.4, 0.5) is 0 Å². The van der Waals surface area contributed by atoms with E-state index in [1.54, 1.807) is 6.92 Å². The van der Waals surface area contributed by atoms with Gasteiger partial charge in [0.15, 0.2) is 11.5 Å². The molecule has 5 heteroatoms. The van der Waals surface area contributed by atoms with Gasteiger partial charge < -0.3 is 19.5 Å². The summed E-state index contributed by atoms with van der Waals surface area (Å²) < 4.78 is 16.2. The molecule has 0 fully saturated rings. The van der Waals surface area contributed by atoms with Gasteiger partial charge in [0.05, 0.1) is 6.54 Å². The molecule has 1 aromatic rings. The Labute approximate surface area is 106 Å². The number of carbonyl (C=O) groups excluding carboxylic acids is 1. The van der Waals surface area contributed by atoms with Crippen LogP contribution < -0.4 is 14.8 Å². The molecule has 0 aliphatic carbocycles. The first kappa shape index (κ1) is 12.7. The standard InChI is InChI=1S/C13H17NO4/c1-9(16-2)13(15)14-7-10-8-17-11-5-3-4-6-12(11)18-10/h3-6,9-10H,7-8H2,1-2H3,(H,14,15). The summed E-state index contributed by atoms with van der Waals surface area (Å²) in [6.07, 6.45) is -0.630. The van der Waals surface area contributed by atoms with Gasteiger partial charge in [0, 0.05) is 7.11 Å². The highest BCUT2D eigenvalue weighted by Crippen LogP contribution is 2.30. The molecule has 0 radical (unpaired) electrons. The highest BCUT2D eigenvalue weighted by molar-refractivity contribution is 5.80. The van der Waals surface area contributed by atoms with Crippen molar-refractivity contribution in [3.63, 3.8) is 0 Å². The van der Waals surface area contributed by atoms with E-state index in [0.29, 0.717) is 18.9 Å². The van der Waals surface area contributed by atoms with Gasteiger partial charge in [-0.25, -0.2) is 0 Å². The number of para-hydroxylation sites is 2. The van der Waals surface area contributed by atoms with Crippen LogP contribution in [0, 0.1) is 0 Å². The van der Waals surface area contributed by atoms with E-state index in [9.17, 15) is 4.79 Å². The monoisotopic (exact) mass is 251 g/mol. The Morgan fingerprint density at radius 2 is 2.22 bits per heavy atom. The number of fused-ring (bicyclic) bond motifs is 1. The second-order valence-electron chi connectivity index (χ2n) is 4.12. The Hall–Kier alpha value is -1.75. The smallest absolute Gasteiger partial charge is 0.248 e. The van der Waals surface area contributed by atoms with Gasteiger partial charge in [-0.15, -0.1) is 0 Å². The number of hydrogen-bond acceptors (Lipinski definition) is 4. The Morgan fingerprint density at radius 1 is 1.50 bits per heavy atom. The maximum atomic E-state index is 11.5. The van der Waals surface area contributed by atoms with Crippen LogP contribution in [0.5, 0.6) is 11.5 Å². The molecular formula is C13H17NO4. The molecule has 98 valence electrons. The lowest BCUT2D eigenvalue weighted by Gasteiger charge is -2.26. The molecule has 1 aromatic carbocycles. The summed E-state index contributed by atoms with van der Waals surface area (Å²) in [5.41, 5.74) is 0. The lowest BCUT2D eigenvalue weighted by Crippen LogP contribution is -2.43. The van der Waals surface area contributed by atoms with Gasteiger partial charge in [-0.05, 0) is 19.1 Å². The van der Waals surface area contributed by atoms with Crippen LogP contribution in [-0.4, -0.2) is 38.4 Å². The van der Waals surface area contributed by atoms with Crippen molar-refractivity contribution in [3.8, 4) is 11.5 Å². The fourth-order valence-electron chi connectivity index (χ4n) is 1.63. The van der Waals surface area contributed by atoms with E-state index in [4.69, 9.17) is 14.2 Å². The highest BCUT2D eigenvalue weighted by atomic mass is 16.6. The minimum Gasteiger partial charge on any atom is -0.486 e. The summed E-state index contributed by atoms with van der Waals surface area (Å²) in [6, 6.07) is 7.49. The molecule has 0 saturated heterocycles. The van der Waals surface area contributed by atoms with Crippen molar-refractivity contribution in [3.05, 3.63) is 24.3 Å². The van der Waals surface area contributed by atoms with Crippen LogP contribution in [0.15, 0.2) is 24.3 Å². The number of hydrogen-bond donors (Lipinski definition) is 1. The van der Waals surface area contributed by atoms with Crippen LogP contribution in [0.1, 0.15) is 6.92 Å². The van der Waals surface area contributed by atoms with E-state index in [-0.39, 0.29) is 12.0 Å². The van der Waals surface area contributed by atoms with E-state index in [0.717, 1.165) is 5.75 Å². The predicted octanol–water partition coefficient (Wildman–Crippen LogP) is 0.977. The molecule has 0 aromatic heterocycles. The molecule has 1 aliphatic heterocycles. The Morgan fingerprint density at radius 3 is 2.94 bits per heavy atom. The van der Waals surface area contributed by atoms with Crippen molar-refractivity contribution in [2.24, 2.45) is 0 Å². The SMILES string of the molecule is COC(C)C(=O)NCC1COc2ccccc2O1. The van der Waals surface area contributed by atoms with Crippen molar-refractivity contribution in [2.75, 3.05) is 20.3 Å². The number of carbonyl (C=O) groups is 1.